The Kier molecular flexibility index (Phi) is 3.30. The van der Waals surface area contributed by atoms with Gasteiger partial charge in [-0.2, -0.15) is 0 Å². The number of benzene rings is 1. The van der Waals surface area contributed by atoms with Gasteiger partial charge in [0.15, 0.2) is 0 Å². The summed E-state index contributed by atoms with van der Waals surface area (Å²) in [6.45, 7) is 9.83. The van der Waals surface area contributed by atoms with Crippen LogP contribution in [0, 0.1) is 20.8 Å². The maximum absolute atomic E-state index is 11.3. The predicted molar refractivity (Wildman–Crippen MR) is 61.7 cm³/mol. The van der Waals surface area contributed by atoms with E-state index in [4.69, 9.17) is 0 Å². The second-order valence-corrected chi connectivity index (χ2v) is 3.65. The molecule has 15 heavy (non-hydrogen) atoms. The fraction of sp³-hybridized carbons (Fsp3) is 0.308. The zero-order chi connectivity index (χ0) is 11.6. The fourth-order valence-electron chi connectivity index (χ4n) is 1.52. The molecule has 0 heterocycles. The van der Waals surface area contributed by atoms with E-state index in [0.29, 0.717) is 5.57 Å². The number of methoxy groups -OCH3 is 1. The molecule has 0 N–H and O–H groups in total. The van der Waals surface area contributed by atoms with Crippen LogP contribution in [0.4, 0.5) is 0 Å². The zero-order valence-electron chi connectivity index (χ0n) is 9.68. The Morgan fingerprint density at radius 2 is 1.80 bits per heavy atom. The van der Waals surface area contributed by atoms with Crippen LogP contribution in [0.3, 0.4) is 0 Å². The third-order valence-electron chi connectivity index (χ3n) is 2.81. The summed E-state index contributed by atoms with van der Waals surface area (Å²) < 4.78 is 4.65. The predicted octanol–water partition coefficient (Wildman–Crippen LogP) is 2.80. The minimum Gasteiger partial charge on any atom is -0.465 e. The van der Waals surface area contributed by atoms with Crippen molar-refractivity contribution in [1.29, 1.82) is 0 Å². The first-order chi connectivity index (χ1) is 6.99. The van der Waals surface area contributed by atoms with Gasteiger partial charge in [0.1, 0.15) is 0 Å². The van der Waals surface area contributed by atoms with E-state index >= 15 is 0 Å². The lowest BCUT2D eigenvalue weighted by Gasteiger charge is -2.11. The normalized spacial score (nSPS) is 9.87. The molecule has 1 rings (SSSR count). The van der Waals surface area contributed by atoms with Gasteiger partial charge in [0.05, 0.1) is 12.7 Å². The molecule has 1 aromatic carbocycles. The van der Waals surface area contributed by atoms with E-state index in [1.54, 1.807) is 0 Å². The molecule has 0 saturated carbocycles. The molecule has 2 nitrogen and oxygen atoms in total. The van der Waals surface area contributed by atoms with Crippen LogP contribution in [0.15, 0.2) is 18.7 Å². The van der Waals surface area contributed by atoms with E-state index in [1.807, 2.05) is 32.9 Å². The molecule has 0 aliphatic rings. The molecule has 0 saturated heterocycles. The lowest BCUT2D eigenvalue weighted by molar-refractivity contribution is -0.133. The Hall–Kier alpha value is -1.57. The molecule has 80 valence electrons. The Morgan fingerprint density at radius 3 is 2.33 bits per heavy atom. The van der Waals surface area contributed by atoms with E-state index < -0.39 is 0 Å². The molecule has 0 aliphatic carbocycles. The summed E-state index contributed by atoms with van der Waals surface area (Å²) in [6.07, 6.45) is 0. The van der Waals surface area contributed by atoms with Crippen molar-refractivity contribution in [1.82, 2.24) is 0 Å². The van der Waals surface area contributed by atoms with E-state index in [-0.39, 0.29) is 5.97 Å². The molecule has 2 heteroatoms. The highest BCUT2D eigenvalue weighted by molar-refractivity contribution is 6.16. The number of aryl methyl sites for hydroxylation is 1. The van der Waals surface area contributed by atoms with E-state index in [1.165, 1.54) is 18.2 Å². The second-order valence-electron chi connectivity index (χ2n) is 3.65. The van der Waals surface area contributed by atoms with Crippen LogP contribution in [0.5, 0.6) is 0 Å². The summed E-state index contributed by atoms with van der Waals surface area (Å²) in [5.74, 6) is -0.374. The molecule has 1 aromatic rings. The summed E-state index contributed by atoms with van der Waals surface area (Å²) in [4.78, 5) is 11.3. The zero-order valence-corrected chi connectivity index (χ0v) is 9.68. The first-order valence-electron chi connectivity index (χ1n) is 4.83. The smallest absolute Gasteiger partial charge is 0.337 e. The topological polar surface area (TPSA) is 26.3 Å². The van der Waals surface area contributed by atoms with Crippen LogP contribution in [-0.2, 0) is 9.53 Å². The Balaban J connectivity index is 3.22. The highest BCUT2D eigenvalue weighted by Crippen LogP contribution is 2.23. The molecule has 0 unspecified atom stereocenters. The molecule has 0 aliphatic heterocycles. The Bertz CT molecular complexity index is 417. The van der Waals surface area contributed by atoms with Crippen LogP contribution in [0.25, 0.3) is 5.57 Å². The highest BCUT2D eigenvalue weighted by atomic mass is 16.5. The van der Waals surface area contributed by atoms with Crippen molar-refractivity contribution in [3.63, 3.8) is 0 Å². The Labute approximate surface area is 90.6 Å². The van der Waals surface area contributed by atoms with Gasteiger partial charge < -0.3 is 4.74 Å². The molecule has 0 spiro atoms. The van der Waals surface area contributed by atoms with Crippen LogP contribution >= 0.6 is 0 Å². The largest absolute Gasteiger partial charge is 0.465 e. The fourth-order valence-corrected chi connectivity index (χ4v) is 1.52. The monoisotopic (exact) mass is 204 g/mol. The lowest BCUT2D eigenvalue weighted by atomic mass is 9.95. The summed E-state index contributed by atoms with van der Waals surface area (Å²) in [7, 11) is 1.36. The minimum atomic E-state index is -0.374. The molecular formula is C13H16O2. The number of ether oxygens (including phenoxy) is 1. The molecule has 0 amide bonds. The van der Waals surface area contributed by atoms with Gasteiger partial charge >= 0.3 is 5.97 Å². The van der Waals surface area contributed by atoms with Crippen LogP contribution < -0.4 is 0 Å². The van der Waals surface area contributed by atoms with E-state index in [9.17, 15) is 4.79 Å². The van der Waals surface area contributed by atoms with Gasteiger partial charge in [0.25, 0.3) is 0 Å². The number of esters is 1. The maximum Gasteiger partial charge on any atom is 0.337 e. The van der Waals surface area contributed by atoms with Gasteiger partial charge in [-0.05, 0) is 43.0 Å². The van der Waals surface area contributed by atoms with Crippen molar-refractivity contribution in [2.75, 3.05) is 7.11 Å². The quantitative estimate of drug-likeness (QED) is 0.547. The van der Waals surface area contributed by atoms with Crippen LogP contribution in [0.2, 0.25) is 0 Å². The van der Waals surface area contributed by atoms with Gasteiger partial charge in [-0.1, -0.05) is 18.7 Å². The summed E-state index contributed by atoms with van der Waals surface area (Å²) in [5.41, 5.74) is 4.78. The number of carbonyl (C=O) groups is 1. The highest BCUT2D eigenvalue weighted by Gasteiger charge is 2.13. The SMILES string of the molecule is C=C(C(=O)OC)c1ccc(C)c(C)c1C. The van der Waals surface area contributed by atoms with Gasteiger partial charge in [-0.15, -0.1) is 0 Å². The van der Waals surface area contributed by atoms with Gasteiger partial charge in [0.2, 0.25) is 0 Å². The van der Waals surface area contributed by atoms with E-state index in [2.05, 4.69) is 11.3 Å². The van der Waals surface area contributed by atoms with Gasteiger partial charge in [-0.3, -0.25) is 0 Å². The number of carbonyl (C=O) groups excluding carboxylic acids is 1. The first-order valence-corrected chi connectivity index (χ1v) is 4.83. The third kappa shape index (κ3) is 2.09. The molecule has 0 atom stereocenters. The number of hydrogen-bond acceptors (Lipinski definition) is 2. The lowest BCUT2D eigenvalue weighted by Crippen LogP contribution is -2.05. The van der Waals surface area contributed by atoms with Crippen molar-refractivity contribution < 1.29 is 9.53 Å². The number of hydrogen-bond donors (Lipinski definition) is 0. The summed E-state index contributed by atoms with van der Waals surface area (Å²) in [5, 5.41) is 0. The van der Waals surface area contributed by atoms with E-state index in [0.717, 1.165) is 11.1 Å². The second kappa shape index (κ2) is 4.30. The van der Waals surface area contributed by atoms with Crippen molar-refractivity contribution in [2.45, 2.75) is 20.8 Å². The average molecular weight is 204 g/mol. The Morgan fingerprint density at radius 1 is 1.20 bits per heavy atom. The van der Waals surface area contributed by atoms with Crippen molar-refractivity contribution >= 4 is 11.5 Å². The van der Waals surface area contributed by atoms with Crippen LogP contribution in [-0.4, -0.2) is 13.1 Å². The number of rotatable bonds is 2. The average Bonchev–Trinajstić information content (AvgIpc) is 2.24. The summed E-state index contributed by atoms with van der Waals surface area (Å²) in [6, 6.07) is 3.91. The van der Waals surface area contributed by atoms with Gasteiger partial charge in [-0.25, -0.2) is 4.79 Å². The molecule has 0 bridgehead atoms. The maximum atomic E-state index is 11.3. The molecule has 0 radical (unpaired) electrons. The first kappa shape index (κ1) is 11.5. The van der Waals surface area contributed by atoms with Crippen molar-refractivity contribution in [3.8, 4) is 0 Å². The van der Waals surface area contributed by atoms with Crippen molar-refractivity contribution in [2.24, 2.45) is 0 Å². The minimum absolute atomic E-state index is 0.374. The van der Waals surface area contributed by atoms with Gasteiger partial charge in [0, 0.05) is 0 Å². The van der Waals surface area contributed by atoms with Crippen LogP contribution in [0.1, 0.15) is 22.3 Å². The molecule has 0 fully saturated rings. The summed E-state index contributed by atoms with van der Waals surface area (Å²) >= 11 is 0. The third-order valence-corrected chi connectivity index (χ3v) is 2.81. The molecular weight excluding hydrogens is 188 g/mol. The van der Waals surface area contributed by atoms with Crippen molar-refractivity contribution in [3.05, 3.63) is 41.0 Å². The standard InChI is InChI=1S/C13H16O2/c1-8-6-7-12(10(3)9(8)2)11(4)13(14)15-5/h6-7H,4H2,1-3,5H3. The molecule has 0 aromatic heterocycles.